The van der Waals surface area contributed by atoms with Crippen molar-refractivity contribution in [2.75, 3.05) is 0 Å². The molecule has 0 saturated carbocycles. The summed E-state index contributed by atoms with van der Waals surface area (Å²) < 4.78 is 2.06. The molecule has 96 valence electrons. The third-order valence-corrected chi connectivity index (χ3v) is 3.54. The zero-order valence-electron chi connectivity index (χ0n) is 11.0. The molecule has 0 fully saturated rings. The fourth-order valence-corrected chi connectivity index (χ4v) is 2.80. The van der Waals surface area contributed by atoms with Gasteiger partial charge in [0.1, 0.15) is 0 Å². The van der Waals surface area contributed by atoms with Gasteiger partial charge in [0.05, 0.1) is 11.0 Å². The van der Waals surface area contributed by atoms with E-state index in [-0.39, 0.29) is 0 Å². The number of fused-ring (bicyclic) bond motifs is 1. The molecule has 0 amide bonds. The molecule has 0 atom stereocenters. The van der Waals surface area contributed by atoms with Crippen LogP contribution < -0.4 is 0 Å². The van der Waals surface area contributed by atoms with Crippen LogP contribution in [0.15, 0.2) is 48.5 Å². The summed E-state index contributed by atoms with van der Waals surface area (Å²) in [6.07, 6.45) is 0. The third kappa shape index (κ3) is 2.02. The molecule has 0 bridgehead atoms. The Morgan fingerprint density at radius 3 is 2.42 bits per heavy atom. The zero-order chi connectivity index (χ0) is 13.4. The number of aromatic nitrogens is 2. The molecular formula is C16H15ClN2. The van der Waals surface area contributed by atoms with Gasteiger partial charge in [-0.25, -0.2) is 4.98 Å². The smallest absolute Gasteiger partial charge is 0.204 e. The second-order valence-electron chi connectivity index (χ2n) is 4.88. The van der Waals surface area contributed by atoms with Crippen molar-refractivity contribution >= 4 is 22.6 Å². The average Bonchev–Trinajstić information content (AvgIpc) is 2.75. The first-order valence-electron chi connectivity index (χ1n) is 6.40. The Labute approximate surface area is 117 Å². The van der Waals surface area contributed by atoms with Crippen LogP contribution >= 0.6 is 11.6 Å². The second kappa shape index (κ2) is 4.71. The largest absolute Gasteiger partial charge is 0.312 e. The Hall–Kier alpha value is -1.80. The molecular weight excluding hydrogens is 256 g/mol. The maximum atomic E-state index is 6.27. The number of halogens is 1. The summed E-state index contributed by atoms with van der Waals surface area (Å²) >= 11 is 6.27. The number of benzene rings is 2. The molecule has 0 unspecified atom stereocenters. The van der Waals surface area contributed by atoms with Gasteiger partial charge in [-0.05, 0) is 37.1 Å². The van der Waals surface area contributed by atoms with Gasteiger partial charge in [-0.1, -0.05) is 42.5 Å². The molecule has 0 aliphatic rings. The molecule has 0 N–H and O–H groups in total. The lowest BCUT2D eigenvalue weighted by atomic mass is 10.0. The van der Waals surface area contributed by atoms with E-state index in [0.29, 0.717) is 11.3 Å². The van der Waals surface area contributed by atoms with Crippen LogP contribution in [-0.4, -0.2) is 9.55 Å². The van der Waals surface area contributed by atoms with Crippen LogP contribution in [-0.2, 0) is 0 Å². The first kappa shape index (κ1) is 12.2. The van der Waals surface area contributed by atoms with Crippen molar-refractivity contribution in [2.24, 2.45) is 0 Å². The molecule has 2 nitrogen and oxygen atoms in total. The fourth-order valence-electron chi connectivity index (χ4n) is 2.43. The highest BCUT2D eigenvalue weighted by molar-refractivity contribution is 6.29. The lowest BCUT2D eigenvalue weighted by Gasteiger charge is -2.10. The van der Waals surface area contributed by atoms with Gasteiger partial charge < -0.3 is 4.57 Å². The van der Waals surface area contributed by atoms with Crippen LogP contribution in [0.4, 0.5) is 0 Å². The molecule has 0 spiro atoms. The molecule has 3 heteroatoms. The van der Waals surface area contributed by atoms with E-state index in [4.69, 9.17) is 11.6 Å². The summed E-state index contributed by atoms with van der Waals surface area (Å²) in [5, 5.41) is 0.549. The summed E-state index contributed by atoms with van der Waals surface area (Å²) in [6, 6.07) is 16.8. The minimum Gasteiger partial charge on any atom is -0.312 e. The molecule has 1 heterocycles. The maximum Gasteiger partial charge on any atom is 0.204 e. The molecule has 0 aliphatic carbocycles. The Balaban J connectivity index is 2.31. The van der Waals surface area contributed by atoms with Crippen molar-refractivity contribution in [3.05, 3.63) is 53.8 Å². The fraction of sp³-hybridized carbons (Fsp3) is 0.188. The zero-order valence-corrected chi connectivity index (χ0v) is 11.7. The van der Waals surface area contributed by atoms with E-state index in [9.17, 15) is 0 Å². The quantitative estimate of drug-likeness (QED) is 0.645. The number of rotatable bonds is 2. The lowest BCUT2D eigenvalue weighted by molar-refractivity contribution is 0.618. The first-order chi connectivity index (χ1) is 9.18. The monoisotopic (exact) mass is 270 g/mol. The molecule has 2 aromatic carbocycles. The topological polar surface area (TPSA) is 17.8 Å². The summed E-state index contributed by atoms with van der Waals surface area (Å²) in [5.74, 6) is 0. The van der Waals surface area contributed by atoms with Crippen LogP contribution in [0.25, 0.3) is 22.2 Å². The van der Waals surface area contributed by atoms with Gasteiger partial charge in [0, 0.05) is 11.6 Å². The van der Waals surface area contributed by atoms with Crippen molar-refractivity contribution < 1.29 is 0 Å². The summed E-state index contributed by atoms with van der Waals surface area (Å²) in [7, 11) is 0. The van der Waals surface area contributed by atoms with Crippen molar-refractivity contribution in [2.45, 2.75) is 19.9 Å². The summed E-state index contributed by atoms with van der Waals surface area (Å²) in [6.45, 7) is 4.23. The first-order valence-corrected chi connectivity index (χ1v) is 6.78. The van der Waals surface area contributed by atoms with Gasteiger partial charge in [-0.2, -0.15) is 0 Å². The standard InChI is InChI=1S/C16H15ClN2/c1-11(2)19-14-10-6-9-13(15(14)18-16(19)17)12-7-4-3-5-8-12/h3-11H,1-2H3. The van der Waals surface area contributed by atoms with E-state index < -0.39 is 0 Å². The highest BCUT2D eigenvalue weighted by Crippen LogP contribution is 2.31. The summed E-state index contributed by atoms with van der Waals surface area (Å²) in [4.78, 5) is 4.54. The van der Waals surface area contributed by atoms with Gasteiger partial charge in [-0.15, -0.1) is 0 Å². The van der Waals surface area contributed by atoms with Crippen molar-refractivity contribution in [3.63, 3.8) is 0 Å². The summed E-state index contributed by atoms with van der Waals surface area (Å²) in [5.41, 5.74) is 4.34. The van der Waals surface area contributed by atoms with Crippen LogP contribution in [0.1, 0.15) is 19.9 Å². The third-order valence-electron chi connectivity index (χ3n) is 3.28. The number of imidazole rings is 1. The number of hydrogen-bond acceptors (Lipinski definition) is 1. The Bertz CT molecular complexity index is 714. The van der Waals surface area contributed by atoms with Crippen LogP contribution in [0.5, 0.6) is 0 Å². The number of nitrogens with zero attached hydrogens (tertiary/aromatic N) is 2. The second-order valence-corrected chi connectivity index (χ2v) is 5.22. The van der Waals surface area contributed by atoms with Gasteiger partial charge in [0.25, 0.3) is 0 Å². The minimum atomic E-state index is 0.295. The SMILES string of the molecule is CC(C)n1c(Cl)nc2c(-c3ccccc3)cccc21. The molecule has 0 aliphatic heterocycles. The molecule has 19 heavy (non-hydrogen) atoms. The van der Waals surface area contributed by atoms with Gasteiger partial charge in [-0.3, -0.25) is 0 Å². The van der Waals surface area contributed by atoms with E-state index in [1.807, 2.05) is 18.2 Å². The highest BCUT2D eigenvalue weighted by Gasteiger charge is 2.14. The molecule has 3 aromatic rings. The Kier molecular flexibility index (Phi) is 3.03. The number of hydrogen-bond donors (Lipinski definition) is 0. The van der Waals surface area contributed by atoms with E-state index in [0.717, 1.165) is 22.2 Å². The Morgan fingerprint density at radius 2 is 1.74 bits per heavy atom. The Morgan fingerprint density at radius 1 is 1.00 bits per heavy atom. The van der Waals surface area contributed by atoms with E-state index >= 15 is 0 Å². The molecule has 0 radical (unpaired) electrons. The van der Waals surface area contributed by atoms with Gasteiger partial charge in [0.15, 0.2) is 0 Å². The van der Waals surface area contributed by atoms with Crippen LogP contribution in [0, 0.1) is 0 Å². The van der Waals surface area contributed by atoms with Crippen molar-refractivity contribution in [3.8, 4) is 11.1 Å². The van der Waals surface area contributed by atoms with E-state index in [1.165, 1.54) is 0 Å². The maximum absolute atomic E-state index is 6.27. The van der Waals surface area contributed by atoms with Crippen molar-refractivity contribution in [1.29, 1.82) is 0 Å². The van der Waals surface area contributed by atoms with Crippen molar-refractivity contribution in [1.82, 2.24) is 9.55 Å². The molecule has 3 rings (SSSR count). The lowest BCUT2D eigenvalue weighted by Crippen LogP contribution is -1.99. The normalized spacial score (nSPS) is 11.4. The number of para-hydroxylation sites is 1. The highest BCUT2D eigenvalue weighted by atomic mass is 35.5. The van der Waals surface area contributed by atoms with E-state index in [1.54, 1.807) is 0 Å². The van der Waals surface area contributed by atoms with E-state index in [2.05, 4.69) is 53.7 Å². The minimum absolute atomic E-state index is 0.295. The molecule has 0 saturated heterocycles. The van der Waals surface area contributed by atoms with Crippen LogP contribution in [0.2, 0.25) is 5.28 Å². The van der Waals surface area contributed by atoms with Crippen LogP contribution in [0.3, 0.4) is 0 Å². The average molecular weight is 271 g/mol. The van der Waals surface area contributed by atoms with Gasteiger partial charge in [0.2, 0.25) is 5.28 Å². The predicted molar refractivity (Wildman–Crippen MR) is 80.6 cm³/mol. The predicted octanol–water partition coefficient (Wildman–Crippen LogP) is 4.94. The van der Waals surface area contributed by atoms with Gasteiger partial charge >= 0.3 is 0 Å². The molecule has 1 aromatic heterocycles.